The lowest BCUT2D eigenvalue weighted by atomic mass is 9.67. The van der Waals surface area contributed by atoms with Crippen molar-refractivity contribution in [2.75, 3.05) is 9.80 Å². The summed E-state index contributed by atoms with van der Waals surface area (Å²) < 4.78 is 19.9. The lowest BCUT2D eigenvalue weighted by molar-refractivity contribution is 0.616. The van der Waals surface area contributed by atoms with E-state index in [-0.39, 0.29) is 5.41 Å². The predicted octanol–water partition coefficient (Wildman–Crippen LogP) is 27.6. The molecule has 3 aliphatic rings. The van der Waals surface area contributed by atoms with E-state index in [0.29, 0.717) is 0 Å². The number of anilines is 6. The third-order valence-corrected chi connectivity index (χ3v) is 23.9. The van der Waals surface area contributed by atoms with Crippen molar-refractivity contribution in [2.45, 2.75) is 34.5 Å². The maximum atomic E-state index is 7.07. The molecule has 1 spiro atoms. The number of fused-ring (bicyclic) bond motifs is 22. The number of nitrogens with zero attached hydrogens (tertiary/aromatic N) is 2. The molecule has 1 aliphatic heterocycles. The molecule has 0 saturated carbocycles. The Morgan fingerprint density at radius 1 is 0.298 bits per heavy atom. The minimum atomic E-state index is -0.785. The summed E-state index contributed by atoms with van der Waals surface area (Å²) >= 11 is 1.86. The second-order valence-corrected chi connectivity index (χ2v) is 29.6. The van der Waals surface area contributed by atoms with Gasteiger partial charge in [-0.15, -0.1) is 0 Å². The van der Waals surface area contributed by atoms with E-state index in [1.165, 1.54) is 87.1 Å². The third kappa shape index (κ3) is 8.52. The lowest BCUT2D eigenvalue weighted by Crippen LogP contribution is -2.32. The molecule has 2 aliphatic carbocycles. The topological polar surface area (TPSA) is 45.9 Å². The van der Waals surface area contributed by atoms with Gasteiger partial charge < -0.3 is 23.1 Å². The van der Waals surface area contributed by atoms with Crippen LogP contribution < -0.4 is 9.80 Å². The molecule has 5 nitrogen and oxygen atoms in total. The largest absolute Gasteiger partial charge is 0.464 e. The number of hydrogen-bond donors (Lipinski definition) is 0. The average molecular weight is 1350 g/mol. The van der Waals surface area contributed by atoms with E-state index in [9.17, 15) is 0 Å². The molecule has 22 rings (SSSR count). The Morgan fingerprint density at radius 3 is 1.80 bits per heavy atom. The Bertz CT molecular complexity index is 6830. The Labute approximate surface area is 604 Å². The fourth-order valence-corrected chi connectivity index (χ4v) is 19.4. The molecule has 6 heteroatoms. The first kappa shape index (κ1) is 58.9. The van der Waals surface area contributed by atoms with E-state index < -0.39 is 5.41 Å². The van der Waals surface area contributed by atoms with Crippen LogP contribution in [0.15, 0.2) is 363 Å². The van der Waals surface area contributed by atoms with Gasteiger partial charge in [0.15, 0.2) is 0 Å². The highest BCUT2D eigenvalue weighted by molar-refractivity contribution is 7.99. The number of hydrogen-bond acceptors (Lipinski definition) is 6. The van der Waals surface area contributed by atoms with Gasteiger partial charge in [0.25, 0.3) is 0 Å². The lowest BCUT2D eigenvalue weighted by Gasteiger charge is -2.40. The molecule has 0 saturated heterocycles. The van der Waals surface area contributed by atoms with Gasteiger partial charge in [-0.05, 0) is 209 Å². The fourth-order valence-electron chi connectivity index (χ4n) is 18.2. The van der Waals surface area contributed by atoms with E-state index in [4.69, 9.17) is 13.3 Å². The monoisotopic (exact) mass is 1350 g/mol. The van der Waals surface area contributed by atoms with Gasteiger partial charge in [0.1, 0.15) is 27.9 Å². The molecular weight excluding hydrogens is 1290 g/mol. The van der Waals surface area contributed by atoms with Crippen LogP contribution in [0.3, 0.4) is 0 Å². The molecule has 3 aromatic heterocycles. The zero-order valence-corrected chi connectivity index (χ0v) is 57.7. The van der Waals surface area contributed by atoms with Gasteiger partial charge in [-0.1, -0.05) is 244 Å². The molecule has 16 aromatic carbocycles. The molecule has 1 unspecified atom stereocenters. The van der Waals surface area contributed by atoms with Crippen LogP contribution in [0.4, 0.5) is 34.1 Å². The average Bonchev–Trinajstić information content (AvgIpc) is 1.49. The second-order valence-electron chi connectivity index (χ2n) is 28.6. The molecule has 19 aromatic rings. The molecule has 4 heterocycles. The highest BCUT2D eigenvalue weighted by Gasteiger charge is 2.52. The van der Waals surface area contributed by atoms with Crippen LogP contribution in [0.1, 0.15) is 47.2 Å². The molecule has 0 bridgehead atoms. The zero-order valence-electron chi connectivity index (χ0n) is 56.9. The van der Waals surface area contributed by atoms with Crippen LogP contribution in [0.2, 0.25) is 0 Å². The number of rotatable bonds is 9. The summed E-state index contributed by atoms with van der Waals surface area (Å²) in [6.45, 7) is 4.79. The molecule has 0 N–H and O–H groups in total. The Hall–Kier alpha value is -12.9. The maximum absolute atomic E-state index is 7.07. The Balaban J connectivity index is 0.770. The molecule has 0 amide bonds. The first-order valence-electron chi connectivity index (χ1n) is 35.7. The quantitative estimate of drug-likeness (QED) is 0.144. The molecule has 488 valence electrons. The van der Waals surface area contributed by atoms with Crippen molar-refractivity contribution in [3.8, 4) is 55.6 Å². The fraction of sp³-hybridized carbons (Fsp3) is 0.0408. The van der Waals surface area contributed by atoms with E-state index >= 15 is 0 Å². The summed E-state index contributed by atoms with van der Waals surface area (Å²) in [7, 11) is 0. The third-order valence-electron chi connectivity index (χ3n) is 22.7. The van der Waals surface area contributed by atoms with E-state index in [0.717, 1.165) is 122 Å². The summed E-state index contributed by atoms with van der Waals surface area (Å²) in [6, 6.07) is 124. The van der Waals surface area contributed by atoms with Crippen molar-refractivity contribution in [1.82, 2.24) is 0 Å². The highest BCUT2D eigenvalue weighted by Crippen LogP contribution is 2.65. The number of benzene rings is 16. The van der Waals surface area contributed by atoms with Crippen molar-refractivity contribution in [3.63, 3.8) is 0 Å². The van der Waals surface area contributed by atoms with Crippen LogP contribution >= 0.6 is 11.8 Å². The molecule has 1 atom stereocenters. The summed E-state index contributed by atoms with van der Waals surface area (Å²) in [5.41, 5.74) is 28.7. The summed E-state index contributed by atoms with van der Waals surface area (Å²) in [6.07, 6.45) is 1.77. The highest BCUT2D eigenvalue weighted by atomic mass is 32.2. The van der Waals surface area contributed by atoms with Crippen molar-refractivity contribution >= 4 is 122 Å². The van der Waals surface area contributed by atoms with Gasteiger partial charge in [0.05, 0.1) is 23.1 Å². The normalized spacial score (nSPS) is 14.5. The predicted molar refractivity (Wildman–Crippen MR) is 430 cm³/mol. The minimum Gasteiger partial charge on any atom is -0.464 e. The van der Waals surface area contributed by atoms with Crippen LogP contribution in [0.5, 0.6) is 0 Å². The van der Waals surface area contributed by atoms with Crippen molar-refractivity contribution in [2.24, 2.45) is 0 Å². The first-order valence-corrected chi connectivity index (χ1v) is 36.6. The molecular formula is C98H62N2O3S. The summed E-state index contributed by atoms with van der Waals surface area (Å²) in [4.78, 5) is 7.39. The van der Waals surface area contributed by atoms with Gasteiger partial charge >= 0.3 is 0 Å². The zero-order chi connectivity index (χ0) is 68.5. The van der Waals surface area contributed by atoms with Gasteiger partial charge in [0.2, 0.25) is 0 Å². The van der Waals surface area contributed by atoms with Gasteiger partial charge in [-0.3, -0.25) is 0 Å². The summed E-state index contributed by atoms with van der Waals surface area (Å²) in [5.74, 6) is 0. The van der Waals surface area contributed by atoms with Gasteiger partial charge in [-0.25, -0.2) is 0 Å². The van der Waals surface area contributed by atoms with Gasteiger partial charge in [-0.2, -0.15) is 0 Å². The van der Waals surface area contributed by atoms with Gasteiger partial charge in [0, 0.05) is 82.1 Å². The number of para-hydroxylation sites is 3. The second kappa shape index (κ2) is 22.3. The number of furan rings is 3. The minimum absolute atomic E-state index is 0.203. The van der Waals surface area contributed by atoms with Crippen molar-refractivity contribution in [3.05, 3.63) is 373 Å². The Kier molecular flexibility index (Phi) is 12.6. The molecule has 0 fully saturated rings. The summed E-state index contributed by atoms with van der Waals surface area (Å²) in [5, 5.41) is 10.2. The van der Waals surface area contributed by atoms with Crippen LogP contribution in [-0.2, 0) is 10.8 Å². The van der Waals surface area contributed by atoms with Crippen LogP contribution in [-0.4, -0.2) is 0 Å². The van der Waals surface area contributed by atoms with E-state index in [1.54, 1.807) is 6.26 Å². The maximum Gasteiger partial charge on any atom is 0.143 e. The smallest absolute Gasteiger partial charge is 0.143 e. The first-order chi connectivity index (χ1) is 51.3. The molecule has 104 heavy (non-hydrogen) atoms. The molecule has 0 radical (unpaired) electrons. The van der Waals surface area contributed by atoms with Crippen LogP contribution in [0, 0.1) is 0 Å². The van der Waals surface area contributed by atoms with E-state index in [2.05, 4.69) is 351 Å². The standard InChI is InChI=1S/C98H62N2O3S/c1-97(2)84-53-62(41-46-73(84)75-47-40-61-21-7-9-26-71(61)95(75)97)59-38-43-66(44-39-59)100(68-55-79(72-30-18-22-60-20-6-8-25-70(60)72)96-80(56-68)74-27-11-15-35-88(74)103-96)86-34-19-33-83-94(86)76-28-10-13-31-81(76)98(83)82-32-14-17-37-91(82)104-92-49-45-67(57-85(92)98)99(65-23-4-3-5-24-65)69-54-78(63-42-48-87-64(52-63)50-51-101-87)93-77-29-12-16-36-89(77)102-90(93)58-69/h3-58H,1-2H3. The van der Waals surface area contributed by atoms with Crippen molar-refractivity contribution < 1.29 is 13.3 Å². The van der Waals surface area contributed by atoms with Crippen molar-refractivity contribution in [1.29, 1.82) is 0 Å². The van der Waals surface area contributed by atoms with Crippen LogP contribution in [0.25, 0.3) is 132 Å². The Morgan fingerprint density at radius 2 is 0.933 bits per heavy atom. The van der Waals surface area contributed by atoms with E-state index in [1.807, 2.05) is 17.8 Å². The SMILES string of the molecule is CC1(C)c2cc(-c3ccc(N(c4cc(-c5cccc6ccccc56)c5oc6ccccc6c5c4)c4cccc5c4-c4ccccc4C54c5ccccc5Sc5ccc(N(c6ccccc6)c6cc(-c7ccc8occc8c7)c7c(c6)oc6ccccc67)cc54)cc3)ccc2-c2ccc3ccccc3c21.